The highest BCUT2D eigenvalue weighted by Crippen LogP contribution is 2.13. The summed E-state index contributed by atoms with van der Waals surface area (Å²) in [4.78, 5) is 16.7. The number of hydrogen-bond acceptors (Lipinski definition) is 3. The lowest BCUT2D eigenvalue weighted by atomic mass is 10.2. The highest BCUT2D eigenvalue weighted by Gasteiger charge is 2.07. The van der Waals surface area contributed by atoms with Crippen LogP contribution in [0.3, 0.4) is 0 Å². The Labute approximate surface area is 102 Å². The third-order valence-corrected chi connectivity index (χ3v) is 3.71. The van der Waals surface area contributed by atoms with Gasteiger partial charge in [-0.15, -0.1) is 0 Å². The number of rotatable bonds is 2. The van der Waals surface area contributed by atoms with Crippen LogP contribution in [0.5, 0.6) is 0 Å². The van der Waals surface area contributed by atoms with Crippen LogP contribution in [-0.4, -0.2) is 9.55 Å². The molecule has 16 heavy (non-hydrogen) atoms. The number of aryl methyl sites for hydroxylation is 1. The van der Waals surface area contributed by atoms with Crippen molar-refractivity contribution in [3.8, 4) is 0 Å². The minimum absolute atomic E-state index is 0.0722. The Morgan fingerprint density at radius 1 is 1.50 bits per heavy atom. The van der Waals surface area contributed by atoms with Gasteiger partial charge in [-0.3, -0.25) is 9.36 Å². The molecule has 0 atom stereocenters. The van der Waals surface area contributed by atoms with E-state index in [0.29, 0.717) is 11.7 Å². The number of hydrogen-bond donors (Lipinski definition) is 0. The van der Waals surface area contributed by atoms with Crippen molar-refractivity contribution in [3.63, 3.8) is 0 Å². The Hall–Kier alpha value is -1.13. The topological polar surface area (TPSA) is 34.9 Å². The lowest BCUT2D eigenvalue weighted by Crippen LogP contribution is -2.15. The minimum Gasteiger partial charge on any atom is -0.299 e. The van der Waals surface area contributed by atoms with Gasteiger partial charge in [0, 0.05) is 16.8 Å². The van der Waals surface area contributed by atoms with Crippen LogP contribution in [0.1, 0.15) is 16.1 Å². The molecule has 0 aliphatic rings. The summed E-state index contributed by atoms with van der Waals surface area (Å²) < 4.78 is 1.76. The van der Waals surface area contributed by atoms with Crippen molar-refractivity contribution in [2.24, 2.45) is 0 Å². The molecular formula is C11H11ClN2OS. The van der Waals surface area contributed by atoms with Crippen LogP contribution >= 0.6 is 22.9 Å². The third kappa shape index (κ3) is 2.18. The first kappa shape index (κ1) is 11.4. The summed E-state index contributed by atoms with van der Waals surface area (Å²) in [7, 11) is 0. The van der Waals surface area contributed by atoms with Gasteiger partial charge in [-0.2, -0.15) is 0 Å². The average Bonchev–Trinajstić information content (AvgIpc) is 2.45. The fourth-order valence-corrected chi connectivity index (χ4v) is 2.52. The van der Waals surface area contributed by atoms with E-state index in [2.05, 4.69) is 4.98 Å². The molecule has 5 heteroatoms. The summed E-state index contributed by atoms with van der Waals surface area (Å²) in [6.07, 6.45) is 1.65. The molecule has 0 radical (unpaired) electrons. The normalized spacial score (nSPS) is 10.7. The summed E-state index contributed by atoms with van der Waals surface area (Å²) in [6, 6.07) is 3.64. The fraction of sp³-hybridized carbons (Fsp3) is 0.273. The molecule has 0 aromatic carbocycles. The molecule has 2 aromatic heterocycles. The van der Waals surface area contributed by atoms with Crippen molar-refractivity contribution < 1.29 is 0 Å². The Bertz CT molecular complexity index is 574. The van der Waals surface area contributed by atoms with E-state index >= 15 is 0 Å². The SMILES string of the molecule is Cc1sc(=O)n(Cc2ccnc(Cl)c2)c1C. The van der Waals surface area contributed by atoms with E-state index in [0.717, 1.165) is 16.1 Å². The average molecular weight is 255 g/mol. The van der Waals surface area contributed by atoms with E-state index in [1.165, 1.54) is 11.3 Å². The van der Waals surface area contributed by atoms with Crippen LogP contribution in [-0.2, 0) is 6.54 Å². The Balaban J connectivity index is 2.38. The molecule has 0 spiro atoms. The molecule has 84 valence electrons. The van der Waals surface area contributed by atoms with Crippen molar-refractivity contribution >= 4 is 22.9 Å². The second-order valence-corrected chi connectivity index (χ2v) is 5.14. The molecule has 2 aromatic rings. The zero-order chi connectivity index (χ0) is 11.7. The second-order valence-electron chi connectivity index (χ2n) is 3.58. The molecule has 0 unspecified atom stereocenters. The summed E-state index contributed by atoms with van der Waals surface area (Å²) in [5.41, 5.74) is 2.01. The van der Waals surface area contributed by atoms with Gasteiger partial charge in [-0.25, -0.2) is 4.98 Å². The maximum absolute atomic E-state index is 11.7. The molecule has 0 amide bonds. The Morgan fingerprint density at radius 3 is 2.81 bits per heavy atom. The van der Waals surface area contributed by atoms with Crippen LogP contribution in [0.4, 0.5) is 0 Å². The minimum atomic E-state index is 0.0722. The quantitative estimate of drug-likeness (QED) is 0.773. The first-order valence-electron chi connectivity index (χ1n) is 4.85. The van der Waals surface area contributed by atoms with Gasteiger partial charge in [-0.05, 0) is 31.5 Å². The molecule has 0 saturated carbocycles. The van der Waals surface area contributed by atoms with Crippen LogP contribution in [0.25, 0.3) is 0 Å². The van der Waals surface area contributed by atoms with E-state index in [1.807, 2.05) is 19.9 Å². The van der Waals surface area contributed by atoms with Crippen molar-refractivity contribution in [1.29, 1.82) is 0 Å². The Kier molecular flexibility index (Phi) is 3.12. The molecule has 0 aliphatic heterocycles. The molecule has 0 aliphatic carbocycles. The molecule has 0 bridgehead atoms. The van der Waals surface area contributed by atoms with E-state index in [4.69, 9.17) is 11.6 Å². The van der Waals surface area contributed by atoms with Gasteiger partial charge in [0.15, 0.2) is 0 Å². The zero-order valence-corrected chi connectivity index (χ0v) is 10.6. The van der Waals surface area contributed by atoms with Crippen LogP contribution < -0.4 is 4.87 Å². The van der Waals surface area contributed by atoms with Gasteiger partial charge in [0.1, 0.15) is 5.15 Å². The van der Waals surface area contributed by atoms with Crippen molar-refractivity contribution in [2.45, 2.75) is 20.4 Å². The fourth-order valence-electron chi connectivity index (χ4n) is 1.49. The third-order valence-electron chi connectivity index (χ3n) is 2.51. The van der Waals surface area contributed by atoms with Gasteiger partial charge in [0.25, 0.3) is 0 Å². The van der Waals surface area contributed by atoms with Crippen molar-refractivity contribution in [3.05, 3.63) is 49.3 Å². The summed E-state index contributed by atoms with van der Waals surface area (Å²) in [5.74, 6) is 0. The number of thiazole rings is 1. The maximum atomic E-state index is 11.7. The summed E-state index contributed by atoms with van der Waals surface area (Å²) >= 11 is 7.08. The molecular weight excluding hydrogens is 244 g/mol. The van der Waals surface area contributed by atoms with Crippen LogP contribution in [0, 0.1) is 13.8 Å². The van der Waals surface area contributed by atoms with Crippen LogP contribution in [0.2, 0.25) is 5.15 Å². The van der Waals surface area contributed by atoms with Gasteiger partial charge in [0.2, 0.25) is 0 Å². The monoisotopic (exact) mass is 254 g/mol. The first-order chi connectivity index (χ1) is 7.58. The standard InChI is InChI=1S/C11H11ClN2OS/c1-7-8(2)16-11(15)14(7)6-9-3-4-13-10(12)5-9/h3-5H,6H2,1-2H3. The van der Waals surface area contributed by atoms with E-state index < -0.39 is 0 Å². The van der Waals surface area contributed by atoms with Gasteiger partial charge in [-0.1, -0.05) is 22.9 Å². The predicted octanol–water partition coefficient (Wildman–Crippen LogP) is 2.62. The largest absolute Gasteiger partial charge is 0.307 e. The van der Waals surface area contributed by atoms with Crippen molar-refractivity contribution in [1.82, 2.24) is 9.55 Å². The predicted molar refractivity (Wildman–Crippen MR) is 66.4 cm³/mol. The molecule has 0 saturated heterocycles. The maximum Gasteiger partial charge on any atom is 0.307 e. The molecule has 0 N–H and O–H groups in total. The van der Waals surface area contributed by atoms with E-state index in [-0.39, 0.29) is 4.87 Å². The lowest BCUT2D eigenvalue weighted by Gasteiger charge is -2.05. The van der Waals surface area contributed by atoms with Gasteiger partial charge < -0.3 is 0 Å². The smallest absolute Gasteiger partial charge is 0.299 e. The second kappa shape index (κ2) is 4.39. The van der Waals surface area contributed by atoms with Crippen molar-refractivity contribution in [2.75, 3.05) is 0 Å². The van der Waals surface area contributed by atoms with Gasteiger partial charge >= 0.3 is 4.87 Å². The van der Waals surface area contributed by atoms with E-state index in [1.54, 1.807) is 16.8 Å². The molecule has 2 heterocycles. The zero-order valence-electron chi connectivity index (χ0n) is 9.03. The molecule has 2 rings (SSSR count). The van der Waals surface area contributed by atoms with Gasteiger partial charge in [0.05, 0.1) is 6.54 Å². The Morgan fingerprint density at radius 2 is 2.25 bits per heavy atom. The highest BCUT2D eigenvalue weighted by atomic mass is 35.5. The number of nitrogens with zero attached hydrogens (tertiary/aromatic N) is 2. The number of aromatic nitrogens is 2. The summed E-state index contributed by atoms with van der Waals surface area (Å²) in [6.45, 7) is 4.46. The highest BCUT2D eigenvalue weighted by molar-refractivity contribution is 7.09. The number of pyridine rings is 1. The molecule has 3 nitrogen and oxygen atoms in total. The number of halogens is 1. The lowest BCUT2D eigenvalue weighted by molar-refractivity contribution is 0.750. The van der Waals surface area contributed by atoms with E-state index in [9.17, 15) is 4.79 Å². The molecule has 0 fully saturated rings. The van der Waals surface area contributed by atoms with Crippen LogP contribution in [0.15, 0.2) is 23.1 Å². The summed E-state index contributed by atoms with van der Waals surface area (Å²) in [5, 5.41) is 0.454. The first-order valence-corrected chi connectivity index (χ1v) is 6.04.